The van der Waals surface area contributed by atoms with E-state index >= 15 is 0 Å². The summed E-state index contributed by atoms with van der Waals surface area (Å²) >= 11 is 0. The average Bonchev–Trinajstić information content (AvgIpc) is 3.01. The molecule has 1 saturated carbocycles. The first-order valence-corrected chi connectivity index (χ1v) is 4.70. The number of hydrogen-bond donors (Lipinski definition) is 0. The van der Waals surface area contributed by atoms with Crippen LogP contribution >= 0.6 is 0 Å². The Labute approximate surface area is 86.8 Å². The van der Waals surface area contributed by atoms with Crippen LogP contribution in [0.2, 0.25) is 0 Å². The lowest BCUT2D eigenvalue weighted by molar-refractivity contribution is -0.385. The number of nitro benzene ring substituents is 1. The van der Waals surface area contributed by atoms with Gasteiger partial charge >= 0.3 is 5.69 Å². The normalized spacial score (nSPS) is 14.7. The highest BCUT2D eigenvalue weighted by molar-refractivity contribution is 5.50. The van der Waals surface area contributed by atoms with E-state index in [2.05, 4.69) is 0 Å². The van der Waals surface area contributed by atoms with Crippen LogP contribution in [0.25, 0.3) is 0 Å². The van der Waals surface area contributed by atoms with E-state index in [1.165, 1.54) is 13.2 Å². The Bertz CT molecular complexity index is 387. The molecule has 0 unspecified atom stereocenters. The van der Waals surface area contributed by atoms with Crippen molar-refractivity contribution < 1.29 is 14.4 Å². The Balaban J connectivity index is 2.26. The van der Waals surface area contributed by atoms with Gasteiger partial charge in [0.15, 0.2) is 5.75 Å². The van der Waals surface area contributed by atoms with Gasteiger partial charge in [0.05, 0.1) is 24.2 Å². The predicted octanol–water partition coefficient (Wildman–Crippen LogP) is 2.14. The van der Waals surface area contributed by atoms with E-state index in [1.54, 1.807) is 12.1 Å². The van der Waals surface area contributed by atoms with Crippen molar-refractivity contribution in [3.8, 4) is 11.5 Å². The molecule has 0 spiro atoms. The largest absolute Gasteiger partial charge is 0.490 e. The molecule has 2 rings (SSSR count). The van der Waals surface area contributed by atoms with Crippen molar-refractivity contribution in [2.24, 2.45) is 0 Å². The van der Waals surface area contributed by atoms with Crippen LogP contribution in [0.5, 0.6) is 11.5 Å². The number of benzene rings is 1. The lowest BCUT2D eigenvalue weighted by atomic mass is 10.3. The number of ether oxygens (including phenoxy) is 2. The fraction of sp³-hybridized carbons (Fsp3) is 0.400. The minimum atomic E-state index is -0.474. The van der Waals surface area contributed by atoms with Crippen LogP contribution < -0.4 is 9.47 Å². The van der Waals surface area contributed by atoms with Gasteiger partial charge in [0.1, 0.15) is 5.75 Å². The second-order valence-electron chi connectivity index (χ2n) is 3.41. The van der Waals surface area contributed by atoms with Crippen molar-refractivity contribution in [3.63, 3.8) is 0 Å². The predicted molar refractivity (Wildman–Crippen MR) is 53.3 cm³/mol. The molecule has 5 heteroatoms. The molecule has 0 aromatic heterocycles. The van der Waals surface area contributed by atoms with Crippen LogP contribution in [0.3, 0.4) is 0 Å². The summed E-state index contributed by atoms with van der Waals surface area (Å²) in [5.41, 5.74) is -0.0596. The van der Waals surface area contributed by atoms with Gasteiger partial charge in [-0.3, -0.25) is 10.1 Å². The average molecular weight is 209 g/mol. The van der Waals surface area contributed by atoms with Gasteiger partial charge < -0.3 is 9.47 Å². The molecule has 0 amide bonds. The van der Waals surface area contributed by atoms with Gasteiger partial charge in [0.2, 0.25) is 0 Å². The van der Waals surface area contributed by atoms with Gasteiger partial charge in [-0.15, -0.1) is 0 Å². The van der Waals surface area contributed by atoms with Gasteiger partial charge in [-0.1, -0.05) is 0 Å². The Morgan fingerprint density at radius 3 is 2.73 bits per heavy atom. The molecule has 1 fully saturated rings. The SMILES string of the molecule is COc1ccc(OC2CC2)cc1[N+](=O)[O-]. The summed E-state index contributed by atoms with van der Waals surface area (Å²) in [5.74, 6) is 0.785. The van der Waals surface area contributed by atoms with Crippen molar-refractivity contribution in [2.45, 2.75) is 18.9 Å². The molecule has 1 aliphatic carbocycles. The summed E-state index contributed by atoms with van der Waals surface area (Å²) in [5, 5.41) is 10.7. The van der Waals surface area contributed by atoms with Crippen LogP contribution in [0.1, 0.15) is 12.8 Å². The fourth-order valence-electron chi connectivity index (χ4n) is 1.26. The van der Waals surface area contributed by atoms with Gasteiger partial charge in [-0.2, -0.15) is 0 Å². The van der Waals surface area contributed by atoms with Gasteiger partial charge in [-0.05, 0) is 25.0 Å². The zero-order chi connectivity index (χ0) is 10.8. The molecule has 15 heavy (non-hydrogen) atoms. The Hall–Kier alpha value is -1.78. The van der Waals surface area contributed by atoms with E-state index < -0.39 is 4.92 Å². The maximum absolute atomic E-state index is 10.7. The lowest BCUT2D eigenvalue weighted by Crippen LogP contribution is -1.98. The Morgan fingerprint density at radius 1 is 1.47 bits per heavy atom. The first kappa shape index (κ1) is 9.76. The number of hydrogen-bond acceptors (Lipinski definition) is 4. The molecule has 0 radical (unpaired) electrons. The molecule has 0 N–H and O–H groups in total. The second kappa shape index (κ2) is 3.76. The molecule has 0 saturated heterocycles. The first-order valence-electron chi connectivity index (χ1n) is 4.70. The summed E-state index contributed by atoms with van der Waals surface area (Å²) in [6, 6.07) is 4.64. The van der Waals surface area contributed by atoms with E-state index in [0.29, 0.717) is 5.75 Å². The van der Waals surface area contributed by atoms with Crippen LogP contribution in [-0.4, -0.2) is 18.1 Å². The minimum Gasteiger partial charge on any atom is -0.490 e. The Morgan fingerprint density at radius 2 is 2.20 bits per heavy atom. The zero-order valence-corrected chi connectivity index (χ0v) is 8.30. The number of nitrogens with zero attached hydrogens (tertiary/aromatic N) is 1. The third-order valence-electron chi connectivity index (χ3n) is 2.17. The molecule has 1 aromatic carbocycles. The number of rotatable bonds is 4. The molecule has 80 valence electrons. The molecular formula is C10H11NO4. The molecule has 0 atom stereocenters. The van der Waals surface area contributed by atoms with Gasteiger partial charge in [0, 0.05) is 0 Å². The van der Waals surface area contributed by atoms with Crippen molar-refractivity contribution in [1.82, 2.24) is 0 Å². The highest BCUT2D eigenvalue weighted by atomic mass is 16.6. The van der Waals surface area contributed by atoms with E-state index in [-0.39, 0.29) is 17.5 Å². The van der Waals surface area contributed by atoms with Crippen molar-refractivity contribution in [3.05, 3.63) is 28.3 Å². The summed E-state index contributed by atoms with van der Waals surface area (Å²) < 4.78 is 10.3. The molecule has 0 heterocycles. The molecular weight excluding hydrogens is 198 g/mol. The van der Waals surface area contributed by atoms with E-state index in [4.69, 9.17) is 9.47 Å². The van der Waals surface area contributed by atoms with Crippen LogP contribution in [0, 0.1) is 10.1 Å². The lowest BCUT2D eigenvalue weighted by Gasteiger charge is -2.06. The fourth-order valence-corrected chi connectivity index (χ4v) is 1.26. The van der Waals surface area contributed by atoms with Crippen LogP contribution in [-0.2, 0) is 0 Å². The highest BCUT2D eigenvalue weighted by Crippen LogP contribution is 2.33. The minimum absolute atomic E-state index is 0.0596. The number of nitro groups is 1. The van der Waals surface area contributed by atoms with Crippen molar-refractivity contribution in [1.29, 1.82) is 0 Å². The van der Waals surface area contributed by atoms with Crippen molar-refractivity contribution >= 4 is 5.69 Å². The van der Waals surface area contributed by atoms with Gasteiger partial charge in [0.25, 0.3) is 0 Å². The second-order valence-corrected chi connectivity index (χ2v) is 3.41. The maximum atomic E-state index is 10.7. The molecule has 0 aliphatic heterocycles. The molecule has 1 aliphatic rings. The third-order valence-corrected chi connectivity index (χ3v) is 2.17. The van der Waals surface area contributed by atoms with Crippen LogP contribution in [0.4, 0.5) is 5.69 Å². The summed E-state index contributed by atoms with van der Waals surface area (Å²) in [4.78, 5) is 10.2. The number of methoxy groups -OCH3 is 1. The molecule has 5 nitrogen and oxygen atoms in total. The highest BCUT2D eigenvalue weighted by Gasteiger charge is 2.25. The smallest absolute Gasteiger partial charge is 0.314 e. The zero-order valence-electron chi connectivity index (χ0n) is 8.30. The summed E-state index contributed by atoms with van der Waals surface area (Å²) in [6.45, 7) is 0. The molecule has 0 bridgehead atoms. The van der Waals surface area contributed by atoms with E-state index in [0.717, 1.165) is 12.8 Å². The summed E-state index contributed by atoms with van der Waals surface area (Å²) in [6.07, 6.45) is 2.29. The maximum Gasteiger partial charge on any atom is 0.314 e. The van der Waals surface area contributed by atoms with E-state index in [1.807, 2.05) is 0 Å². The topological polar surface area (TPSA) is 61.6 Å². The first-order chi connectivity index (χ1) is 7.20. The van der Waals surface area contributed by atoms with Gasteiger partial charge in [-0.25, -0.2) is 0 Å². The third kappa shape index (κ3) is 2.18. The quantitative estimate of drug-likeness (QED) is 0.563. The standard InChI is InChI=1S/C10H11NO4/c1-14-10-5-4-8(15-7-2-3-7)6-9(10)11(12)13/h4-7H,2-3H2,1H3. The van der Waals surface area contributed by atoms with Crippen LogP contribution in [0.15, 0.2) is 18.2 Å². The summed E-state index contributed by atoms with van der Waals surface area (Å²) in [7, 11) is 1.41. The monoisotopic (exact) mass is 209 g/mol. The van der Waals surface area contributed by atoms with Crippen molar-refractivity contribution in [2.75, 3.05) is 7.11 Å². The Kier molecular flexibility index (Phi) is 2.45. The van der Waals surface area contributed by atoms with E-state index in [9.17, 15) is 10.1 Å². The molecule has 1 aromatic rings.